The Morgan fingerprint density at radius 2 is 2.07 bits per heavy atom. The fraction of sp³-hybridized carbons (Fsp3) is 0.100. The van der Waals surface area contributed by atoms with Crippen LogP contribution in [0.1, 0.15) is 0 Å². The first kappa shape index (κ1) is 10.5. The second-order valence-corrected chi connectivity index (χ2v) is 5.19. The quantitative estimate of drug-likeness (QED) is 0.711. The highest BCUT2D eigenvalue weighted by atomic mass is 28.2. The fourth-order valence-corrected chi connectivity index (χ4v) is 2.40. The van der Waals surface area contributed by atoms with E-state index in [4.69, 9.17) is 5.73 Å². The third kappa shape index (κ3) is 3.91. The lowest BCUT2D eigenvalue weighted by molar-refractivity contribution is 0.168. The van der Waals surface area contributed by atoms with Gasteiger partial charge in [0.1, 0.15) is 6.61 Å². The van der Waals surface area contributed by atoms with Gasteiger partial charge >= 0.3 is 6.09 Å². The number of carbonyl (C=O) groups is 1. The highest BCUT2D eigenvalue weighted by Gasteiger charge is 2.00. The molecule has 1 amide bonds. The molecule has 0 saturated heterocycles. The molecule has 0 atom stereocenters. The van der Waals surface area contributed by atoms with Crippen LogP contribution in [0.2, 0.25) is 0 Å². The average molecular weight is 207 g/mol. The van der Waals surface area contributed by atoms with Crippen LogP contribution in [-0.4, -0.2) is 22.2 Å². The SMILES string of the molecule is C=C(COC(N)=O)[SiH2]c1ccccc1. The molecule has 0 aliphatic rings. The van der Waals surface area contributed by atoms with Crippen molar-refractivity contribution < 1.29 is 9.53 Å². The normalized spacial score (nSPS) is 10.3. The molecule has 0 saturated carbocycles. The second kappa shape index (κ2) is 5.24. The summed E-state index contributed by atoms with van der Waals surface area (Å²) in [4.78, 5) is 10.3. The molecule has 74 valence electrons. The van der Waals surface area contributed by atoms with Crippen LogP contribution in [0.4, 0.5) is 4.79 Å². The molecule has 0 aliphatic heterocycles. The molecule has 2 N–H and O–H groups in total. The molecule has 0 aromatic heterocycles. The molecule has 0 spiro atoms. The van der Waals surface area contributed by atoms with Crippen LogP contribution in [0.15, 0.2) is 42.1 Å². The summed E-state index contributed by atoms with van der Waals surface area (Å²) in [7, 11) is -0.557. The number of primary amides is 1. The average Bonchev–Trinajstić information content (AvgIpc) is 2.16. The van der Waals surface area contributed by atoms with Gasteiger partial charge in [-0.15, -0.1) is 6.58 Å². The van der Waals surface area contributed by atoms with E-state index in [1.54, 1.807) is 0 Å². The van der Waals surface area contributed by atoms with Crippen LogP contribution >= 0.6 is 0 Å². The molecule has 3 nitrogen and oxygen atoms in total. The van der Waals surface area contributed by atoms with E-state index in [1.807, 2.05) is 18.2 Å². The highest BCUT2D eigenvalue weighted by Crippen LogP contribution is 1.91. The molecule has 1 aromatic carbocycles. The Labute approximate surface area is 85.4 Å². The van der Waals surface area contributed by atoms with Crippen LogP contribution < -0.4 is 10.9 Å². The van der Waals surface area contributed by atoms with E-state index in [9.17, 15) is 4.79 Å². The van der Waals surface area contributed by atoms with E-state index in [0.717, 1.165) is 5.20 Å². The summed E-state index contributed by atoms with van der Waals surface area (Å²) in [5.74, 6) is 0. The smallest absolute Gasteiger partial charge is 0.404 e. The van der Waals surface area contributed by atoms with Gasteiger partial charge in [-0.25, -0.2) is 4.79 Å². The lowest BCUT2D eigenvalue weighted by Crippen LogP contribution is -2.21. The summed E-state index contributed by atoms with van der Waals surface area (Å²) in [6.45, 7) is 4.10. The highest BCUT2D eigenvalue weighted by molar-refractivity contribution is 6.60. The summed E-state index contributed by atoms with van der Waals surface area (Å²) in [6, 6.07) is 10.1. The Bertz CT molecular complexity index is 324. The van der Waals surface area contributed by atoms with Gasteiger partial charge in [-0.1, -0.05) is 40.7 Å². The summed E-state index contributed by atoms with van der Waals surface area (Å²) >= 11 is 0. The van der Waals surface area contributed by atoms with Gasteiger partial charge in [0.15, 0.2) is 0 Å². The molecular weight excluding hydrogens is 194 g/mol. The third-order valence-corrected chi connectivity index (χ3v) is 3.30. The monoisotopic (exact) mass is 207 g/mol. The lowest BCUT2D eigenvalue weighted by atomic mass is 10.4. The maximum Gasteiger partial charge on any atom is 0.404 e. The van der Waals surface area contributed by atoms with Crippen molar-refractivity contribution in [2.45, 2.75) is 0 Å². The Hall–Kier alpha value is -1.55. The minimum absolute atomic E-state index is 0.246. The van der Waals surface area contributed by atoms with Crippen molar-refractivity contribution in [1.29, 1.82) is 0 Å². The molecule has 1 rings (SSSR count). The van der Waals surface area contributed by atoms with Crippen molar-refractivity contribution in [3.05, 3.63) is 42.1 Å². The lowest BCUT2D eigenvalue weighted by Gasteiger charge is -2.04. The summed E-state index contributed by atoms with van der Waals surface area (Å²) in [5.41, 5.74) is 4.85. The van der Waals surface area contributed by atoms with Crippen LogP contribution in [0.25, 0.3) is 0 Å². The number of ether oxygens (including phenoxy) is 1. The first-order valence-corrected chi connectivity index (χ1v) is 5.72. The van der Waals surface area contributed by atoms with E-state index < -0.39 is 15.6 Å². The predicted octanol–water partition coefficient (Wildman–Crippen LogP) is 0.0897. The van der Waals surface area contributed by atoms with E-state index in [2.05, 4.69) is 23.4 Å². The van der Waals surface area contributed by atoms with Crippen molar-refractivity contribution in [2.24, 2.45) is 5.73 Å². The van der Waals surface area contributed by atoms with Crippen molar-refractivity contribution in [3.8, 4) is 0 Å². The number of hydrogen-bond acceptors (Lipinski definition) is 2. The molecule has 0 bridgehead atoms. The summed E-state index contributed by atoms with van der Waals surface area (Å²) in [5, 5.41) is 2.25. The molecule has 0 fully saturated rings. The maximum absolute atomic E-state index is 10.3. The van der Waals surface area contributed by atoms with Gasteiger partial charge in [-0.2, -0.15) is 0 Å². The zero-order valence-electron chi connectivity index (χ0n) is 7.90. The van der Waals surface area contributed by atoms with Crippen LogP contribution in [0, 0.1) is 0 Å². The Morgan fingerprint density at radius 1 is 1.43 bits per heavy atom. The summed E-state index contributed by atoms with van der Waals surface area (Å²) < 4.78 is 4.65. The molecule has 1 aromatic rings. The number of nitrogens with two attached hydrogens (primary N) is 1. The van der Waals surface area contributed by atoms with E-state index in [-0.39, 0.29) is 6.61 Å². The van der Waals surface area contributed by atoms with Gasteiger partial charge < -0.3 is 10.5 Å². The van der Waals surface area contributed by atoms with Gasteiger partial charge in [0.2, 0.25) is 0 Å². The molecule has 0 aliphatic carbocycles. The van der Waals surface area contributed by atoms with Gasteiger partial charge in [0.25, 0.3) is 0 Å². The molecular formula is C10H13NO2Si. The second-order valence-electron chi connectivity index (χ2n) is 3.02. The molecule has 0 unspecified atom stereocenters. The first-order chi connectivity index (χ1) is 6.68. The van der Waals surface area contributed by atoms with Gasteiger partial charge in [-0.05, 0) is 0 Å². The molecule has 4 heteroatoms. The largest absolute Gasteiger partial charge is 0.446 e. The number of benzene rings is 1. The zero-order chi connectivity index (χ0) is 10.4. The first-order valence-electron chi connectivity index (χ1n) is 4.31. The zero-order valence-corrected chi connectivity index (χ0v) is 9.32. The fourth-order valence-electron chi connectivity index (χ4n) is 1.11. The summed E-state index contributed by atoms with van der Waals surface area (Å²) in [6.07, 6.45) is -0.742. The predicted molar refractivity (Wildman–Crippen MR) is 59.3 cm³/mol. The van der Waals surface area contributed by atoms with Crippen molar-refractivity contribution >= 4 is 20.8 Å². The standard InChI is InChI=1S/C10H13NO2Si/c1-8(7-13-10(11)12)14-9-5-3-2-4-6-9/h2-6H,1,7,14H2,(H2,11,12). The van der Waals surface area contributed by atoms with Gasteiger partial charge in [-0.3, -0.25) is 0 Å². The number of carbonyl (C=O) groups excluding carboxylic acids is 1. The van der Waals surface area contributed by atoms with Crippen molar-refractivity contribution in [3.63, 3.8) is 0 Å². The van der Waals surface area contributed by atoms with Gasteiger partial charge in [0.05, 0.1) is 9.52 Å². The minimum atomic E-state index is -0.742. The van der Waals surface area contributed by atoms with Crippen molar-refractivity contribution in [2.75, 3.05) is 6.61 Å². The van der Waals surface area contributed by atoms with Crippen molar-refractivity contribution in [1.82, 2.24) is 0 Å². The number of amides is 1. The Balaban J connectivity index is 2.38. The number of rotatable bonds is 4. The van der Waals surface area contributed by atoms with E-state index >= 15 is 0 Å². The van der Waals surface area contributed by atoms with E-state index in [0.29, 0.717) is 0 Å². The Kier molecular flexibility index (Phi) is 3.94. The Morgan fingerprint density at radius 3 is 2.64 bits per heavy atom. The molecule has 0 heterocycles. The van der Waals surface area contributed by atoms with Crippen LogP contribution in [-0.2, 0) is 4.74 Å². The van der Waals surface area contributed by atoms with Crippen LogP contribution in [0.5, 0.6) is 0 Å². The molecule has 14 heavy (non-hydrogen) atoms. The third-order valence-electron chi connectivity index (χ3n) is 1.72. The van der Waals surface area contributed by atoms with Crippen LogP contribution in [0.3, 0.4) is 0 Å². The van der Waals surface area contributed by atoms with E-state index in [1.165, 1.54) is 5.19 Å². The maximum atomic E-state index is 10.3. The van der Waals surface area contributed by atoms with Gasteiger partial charge in [0, 0.05) is 0 Å². The number of hydrogen-bond donors (Lipinski definition) is 1. The minimum Gasteiger partial charge on any atom is -0.446 e. The molecule has 0 radical (unpaired) electrons. The topological polar surface area (TPSA) is 52.3 Å².